The van der Waals surface area contributed by atoms with E-state index in [-0.39, 0.29) is 11.0 Å². The first-order chi connectivity index (χ1) is 9.95. The molecule has 0 radical (unpaired) electrons. The van der Waals surface area contributed by atoms with Gasteiger partial charge in [0.05, 0.1) is 0 Å². The molecule has 3 heteroatoms. The summed E-state index contributed by atoms with van der Waals surface area (Å²) >= 11 is 0. The second-order valence-corrected chi connectivity index (χ2v) is 6.24. The van der Waals surface area contributed by atoms with Gasteiger partial charge in [0, 0.05) is 18.9 Å². The molecule has 0 spiro atoms. The molecule has 0 aliphatic heterocycles. The average Bonchev–Trinajstić information content (AvgIpc) is 2.82. The highest BCUT2D eigenvalue weighted by molar-refractivity contribution is 5.54. The van der Waals surface area contributed by atoms with Crippen LogP contribution in [0.25, 0.3) is 6.08 Å². The van der Waals surface area contributed by atoms with Crippen LogP contribution >= 0.6 is 0 Å². The Hall–Kier alpha value is -2.52. The summed E-state index contributed by atoms with van der Waals surface area (Å²) in [5.41, 5.74) is 3.43. The van der Waals surface area contributed by atoms with Crippen LogP contribution in [0, 0.1) is 28.1 Å². The SMILES string of the molecule is Cn1cccc1/C=C/C1=CC(=C(C#N)C#N)CC(C)(C)C1. The first-order valence-electron chi connectivity index (χ1n) is 6.98. The summed E-state index contributed by atoms with van der Waals surface area (Å²) < 4.78 is 2.05. The van der Waals surface area contributed by atoms with E-state index in [2.05, 4.69) is 36.6 Å². The molecular formula is C18H19N3. The molecular weight excluding hydrogens is 258 g/mol. The Labute approximate surface area is 126 Å². The van der Waals surface area contributed by atoms with Crippen LogP contribution < -0.4 is 0 Å². The van der Waals surface area contributed by atoms with Gasteiger partial charge in [-0.2, -0.15) is 10.5 Å². The molecule has 3 nitrogen and oxygen atoms in total. The molecule has 0 atom stereocenters. The number of aryl methyl sites for hydroxylation is 1. The number of rotatable bonds is 2. The van der Waals surface area contributed by atoms with E-state index in [0.29, 0.717) is 0 Å². The second kappa shape index (κ2) is 5.85. The monoisotopic (exact) mass is 277 g/mol. The summed E-state index contributed by atoms with van der Waals surface area (Å²) in [6, 6.07) is 8.07. The highest BCUT2D eigenvalue weighted by atomic mass is 14.9. The number of hydrogen-bond acceptors (Lipinski definition) is 2. The lowest BCUT2D eigenvalue weighted by molar-refractivity contribution is 0.354. The molecule has 0 fully saturated rings. The fourth-order valence-corrected chi connectivity index (χ4v) is 2.73. The summed E-state index contributed by atoms with van der Waals surface area (Å²) in [5, 5.41) is 18.1. The van der Waals surface area contributed by atoms with Gasteiger partial charge in [-0.25, -0.2) is 0 Å². The van der Waals surface area contributed by atoms with Crippen molar-refractivity contribution < 1.29 is 0 Å². The molecule has 0 unspecified atom stereocenters. The van der Waals surface area contributed by atoms with Crippen LogP contribution in [-0.4, -0.2) is 4.57 Å². The van der Waals surface area contributed by atoms with E-state index in [1.165, 1.54) is 0 Å². The fourth-order valence-electron chi connectivity index (χ4n) is 2.73. The molecule has 0 saturated carbocycles. The average molecular weight is 277 g/mol. The van der Waals surface area contributed by atoms with E-state index >= 15 is 0 Å². The van der Waals surface area contributed by atoms with Crippen molar-refractivity contribution in [2.45, 2.75) is 26.7 Å². The molecule has 1 aliphatic rings. The largest absolute Gasteiger partial charge is 0.351 e. The Balaban J connectivity index is 2.37. The Morgan fingerprint density at radius 2 is 1.95 bits per heavy atom. The maximum Gasteiger partial charge on any atom is 0.132 e. The maximum absolute atomic E-state index is 9.07. The standard InChI is InChI=1S/C18H19N3/c1-18(2)10-14(6-7-17-5-4-8-21(17)3)9-15(11-18)16(12-19)13-20/h4-9H,10-11H2,1-3H3/b7-6+. The minimum Gasteiger partial charge on any atom is -0.351 e. The van der Waals surface area contributed by atoms with Crippen molar-refractivity contribution in [1.82, 2.24) is 4.57 Å². The molecule has 1 aromatic heterocycles. The van der Waals surface area contributed by atoms with E-state index in [0.717, 1.165) is 29.7 Å². The van der Waals surface area contributed by atoms with Gasteiger partial charge in [-0.3, -0.25) is 0 Å². The lowest BCUT2D eigenvalue weighted by atomic mass is 9.74. The van der Waals surface area contributed by atoms with Crippen molar-refractivity contribution in [3.8, 4) is 12.1 Å². The summed E-state index contributed by atoms with van der Waals surface area (Å²) in [6.45, 7) is 4.34. The quantitative estimate of drug-likeness (QED) is 0.763. The number of hydrogen-bond donors (Lipinski definition) is 0. The van der Waals surface area contributed by atoms with Crippen LogP contribution in [0.4, 0.5) is 0 Å². The van der Waals surface area contributed by atoms with Gasteiger partial charge in [0.15, 0.2) is 0 Å². The minimum atomic E-state index is 0.0664. The Morgan fingerprint density at radius 3 is 2.52 bits per heavy atom. The number of aromatic nitrogens is 1. The third-order valence-corrected chi connectivity index (χ3v) is 3.71. The smallest absolute Gasteiger partial charge is 0.132 e. The van der Waals surface area contributed by atoms with Crippen LogP contribution in [0.3, 0.4) is 0 Å². The van der Waals surface area contributed by atoms with Gasteiger partial charge in [0.1, 0.15) is 17.7 Å². The van der Waals surface area contributed by atoms with Crippen LogP contribution in [0.15, 0.2) is 47.2 Å². The van der Waals surface area contributed by atoms with Crippen molar-refractivity contribution in [2.24, 2.45) is 12.5 Å². The topological polar surface area (TPSA) is 52.5 Å². The minimum absolute atomic E-state index is 0.0664. The molecule has 0 amide bonds. The van der Waals surface area contributed by atoms with Crippen molar-refractivity contribution in [2.75, 3.05) is 0 Å². The molecule has 1 aliphatic carbocycles. The molecule has 1 aromatic rings. The zero-order chi connectivity index (χ0) is 15.5. The van der Waals surface area contributed by atoms with Crippen LogP contribution in [-0.2, 0) is 7.05 Å². The first kappa shape index (κ1) is 14.9. The number of nitriles is 2. The van der Waals surface area contributed by atoms with Crippen LogP contribution in [0.1, 0.15) is 32.4 Å². The first-order valence-corrected chi connectivity index (χ1v) is 6.98. The predicted octanol–water partition coefficient (Wildman–Crippen LogP) is 4.13. The van der Waals surface area contributed by atoms with Crippen molar-refractivity contribution >= 4 is 6.08 Å². The molecule has 0 aromatic carbocycles. The number of nitrogens with zero attached hydrogens (tertiary/aromatic N) is 3. The fraction of sp³-hybridized carbons (Fsp3) is 0.333. The van der Waals surface area contributed by atoms with Gasteiger partial charge in [0.25, 0.3) is 0 Å². The highest BCUT2D eigenvalue weighted by Crippen LogP contribution is 2.39. The van der Waals surface area contributed by atoms with E-state index in [1.807, 2.05) is 37.5 Å². The zero-order valence-electron chi connectivity index (χ0n) is 12.7. The second-order valence-electron chi connectivity index (χ2n) is 6.24. The molecule has 21 heavy (non-hydrogen) atoms. The molecule has 1 heterocycles. The molecule has 2 rings (SSSR count). The lowest BCUT2D eigenvalue weighted by Gasteiger charge is -2.30. The van der Waals surface area contributed by atoms with Gasteiger partial charge in [-0.15, -0.1) is 0 Å². The zero-order valence-corrected chi connectivity index (χ0v) is 12.7. The van der Waals surface area contributed by atoms with Crippen LogP contribution in [0.2, 0.25) is 0 Å². The Kier molecular flexibility index (Phi) is 4.15. The van der Waals surface area contributed by atoms with Crippen molar-refractivity contribution in [3.05, 3.63) is 52.9 Å². The summed E-state index contributed by atoms with van der Waals surface area (Å²) in [7, 11) is 2.01. The van der Waals surface area contributed by atoms with Gasteiger partial charge in [0.2, 0.25) is 0 Å². The molecule has 0 saturated heterocycles. The maximum atomic E-state index is 9.07. The van der Waals surface area contributed by atoms with Gasteiger partial charge in [-0.1, -0.05) is 26.0 Å². The number of allylic oxidation sites excluding steroid dienone is 5. The Morgan fingerprint density at radius 1 is 1.24 bits per heavy atom. The normalized spacial score (nSPS) is 17.2. The van der Waals surface area contributed by atoms with E-state index in [4.69, 9.17) is 10.5 Å². The van der Waals surface area contributed by atoms with Crippen molar-refractivity contribution in [1.29, 1.82) is 10.5 Å². The van der Waals surface area contributed by atoms with Crippen molar-refractivity contribution in [3.63, 3.8) is 0 Å². The Bertz CT molecular complexity index is 696. The molecule has 0 N–H and O–H groups in total. The summed E-state index contributed by atoms with van der Waals surface area (Å²) in [4.78, 5) is 0. The molecule has 106 valence electrons. The van der Waals surface area contributed by atoms with Gasteiger partial charge >= 0.3 is 0 Å². The summed E-state index contributed by atoms with van der Waals surface area (Å²) in [5.74, 6) is 0. The predicted molar refractivity (Wildman–Crippen MR) is 83.8 cm³/mol. The van der Waals surface area contributed by atoms with Gasteiger partial charge in [-0.05, 0) is 47.6 Å². The lowest BCUT2D eigenvalue weighted by Crippen LogP contribution is -2.17. The van der Waals surface area contributed by atoms with Gasteiger partial charge < -0.3 is 4.57 Å². The third kappa shape index (κ3) is 3.52. The third-order valence-electron chi connectivity index (χ3n) is 3.71. The van der Waals surface area contributed by atoms with E-state index in [1.54, 1.807) is 0 Å². The van der Waals surface area contributed by atoms with E-state index in [9.17, 15) is 0 Å². The molecule has 0 bridgehead atoms. The highest BCUT2D eigenvalue weighted by Gasteiger charge is 2.26. The van der Waals surface area contributed by atoms with E-state index < -0.39 is 0 Å². The van der Waals surface area contributed by atoms with Crippen LogP contribution in [0.5, 0.6) is 0 Å². The summed E-state index contributed by atoms with van der Waals surface area (Å²) in [6.07, 6.45) is 9.87.